The van der Waals surface area contributed by atoms with Gasteiger partial charge >= 0.3 is 0 Å². The minimum atomic E-state index is 0.710. The summed E-state index contributed by atoms with van der Waals surface area (Å²) in [6.45, 7) is 1.87. The van der Waals surface area contributed by atoms with Crippen molar-refractivity contribution in [2.24, 2.45) is 0 Å². The Hall–Kier alpha value is -1.75. The van der Waals surface area contributed by atoms with Crippen LogP contribution in [0, 0.1) is 11.3 Å². The van der Waals surface area contributed by atoms with Gasteiger partial charge in [-0.1, -0.05) is 18.2 Å². The van der Waals surface area contributed by atoms with Crippen molar-refractivity contribution in [1.82, 2.24) is 0 Å². The highest BCUT2D eigenvalue weighted by Gasteiger charge is 1.97. The van der Waals surface area contributed by atoms with Crippen LogP contribution in [-0.2, 0) is 0 Å². The highest BCUT2D eigenvalue weighted by atomic mass is 14.6. The van der Waals surface area contributed by atoms with Crippen LogP contribution in [0.15, 0.2) is 30.3 Å². The second-order valence-electron chi connectivity index (χ2n) is 2.54. The third kappa shape index (κ3) is 1.64. The molecule has 0 aromatic heterocycles. The predicted octanol–water partition coefficient (Wildman–Crippen LogP) is 2.20. The molecule has 2 nitrogen and oxygen atoms in total. The van der Waals surface area contributed by atoms with E-state index in [1.165, 1.54) is 6.08 Å². The van der Waals surface area contributed by atoms with Gasteiger partial charge in [0.15, 0.2) is 0 Å². The number of para-hydroxylation sites is 1. The summed E-state index contributed by atoms with van der Waals surface area (Å²) in [5.74, 6) is 0. The second-order valence-corrected chi connectivity index (χ2v) is 2.54. The van der Waals surface area contributed by atoms with Gasteiger partial charge in [0, 0.05) is 17.3 Å². The van der Waals surface area contributed by atoms with E-state index in [9.17, 15) is 0 Å². The van der Waals surface area contributed by atoms with E-state index in [2.05, 4.69) is 0 Å². The van der Waals surface area contributed by atoms with Crippen LogP contribution in [-0.4, -0.2) is 0 Å². The molecule has 60 valence electrons. The first-order valence-corrected chi connectivity index (χ1v) is 3.67. The van der Waals surface area contributed by atoms with Gasteiger partial charge in [0.05, 0.1) is 6.07 Å². The third-order valence-electron chi connectivity index (χ3n) is 1.67. The molecule has 2 heteroatoms. The number of anilines is 1. The van der Waals surface area contributed by atoms with Crippen LogP contribution in [0.25, 0.3) is 5.57 Å². The number of allylic oxidation sites excluding steroid dienone is 2. The van der Waals surface area contributed by atoms with Crippen LogP contribution in [0.1, 0.15) is 12.5 Å². The summed E-state index contributed by atoms with van der Waals surface area (Å²) in [7, 11) is 0. The van der Waals surface area contributed by atoms with Gasteiger partial charge in [-0.05, 0) is 18.6 Å². The Morgan fingerprint density at radius 2 is 2.17 bits per heavy atom. The number of nitrogen functional groups attached to an aromatic ring is 1. The fourth-order valence-electron chi connectivity index (χ4n) is 1.03. The largest absolute Gasteiger partial charge is 0.398 e. The van der Waals surface area contributed by atoms with Crippen LogP contribution in [0.4, 0.5) is 5.69 Å². The molecule has 0 saturated carbocycles. The lowest BCUT2D eigenvalue weighted by Crippen LogP contribution is -1.90. The SMILES string of the molecule is C/C(=C\C#N)c1ccccc1N. The van der Waals surface area contributed by atoms with E-state index in [-0.39, 0.29) is 0 Å². The number of nitrogens with zero attached hydrogens (tertiary/aromatic N) is 1. The van der Waals surface area contributed by atoms with Crippen molar-refractivity contribution in [1.29, 1.82) is 5.26 Å². The number of nitriles is 1. The monoisotopic (exact) mass is 158 g/mol. The van der Waals surface area contributed by atoms with E-state index in [1.807, 2.05) is 37.3 Å². The molecule has 12 heavy (non-hydrogen) atoms. The predicted molar refractivity (Wildman–Crippen MR) is 50.1 cm³/mol. The van der Waals surface area contributed by atoms with Crippen LogP contribution in [0.2, 0.25) is 0 Å². The van der Waals surface area contributed by atoms with Gasteiger partial charge in [0.1, 0.15) is 0 Å². The molecule has 0 heterocycles. The topological polar surface area (TPSA) is 49.8 Å². The molecule has 0 unspecified atom stereocenters. The van der Waals surface area contributed by atoms with Crippen molar-refractivity contribution >= 4 is 11.3 Å². The van der Waals surface area contributed by atoms with E-state index in [1.54, 1.807) is 0 Å². The van der Waals surface area contributed by atoms with Gasteiger partial charge in [0.25, 0.3) is 0 Å². The maximum absolute atomic E-state index is 8.42. The molecule has 0 saturated heterocycles. The zero-order valence-corrected chi connectivity index (χ0v) is 6.91. The lowest BCUT2D eigenvalue weighted by atomic mass is 10.1. The van der Waals surface area contributed by atoms with Crippen LogP contribution >= 0.6 is 0 Å². The van der Waals surface area contributed by atoms with Crippen LogP contribution < -0.4 is 5.73 Å². The molecule has 0 bridgehead atoms. The van der Waals surface area contributed by atoms with Crippen molar-refractivity contribution in [2.45, 2.75) is 6.92 Å². The first-order valence-electron chi connectivity index (χ1n) is 3.67. The van der Waals surface area contributed by atoms with Crippen LogP contribution in [0.5, 0.6) is 0 Å². The molecule has 1 rings (SSSR count). The van der Waals surface area contributed by atoms with Crippen LogP contribution in [0.3, 0.4) is 0 Å². The second kappa shape index (κ2) is 3.59. The van der Waals surface area contributed by atoms with E-state index in [0.717, 1.165) is 11.1 Å². The van der Waals surface area contributed by atoms with Crippen molar-refractivity contribution in [3.63, 3.8) is 0 Å². The first-order chi connectivity index (χ1) is 5.75. The minimum absolute atomic E-state index is 0.710. The van der Waals surface area contributed by atoms with Gasteiger partial charge in [-0.25, -0.2) is 0 Å². The number of hydrogen-bond acceptors (Lipinski definition) is 2. The molecule has 0 aliphatic heterocycles. The molecular formula is C10H10N2. The highest BCUT2D eigenvalue weighted by molar-refractivity contribution is 5.74. The van der Waals surface area contributed by atoms with Crippen molar-refractivity contribution in [2.75, 3.05) is 5.73 Å². The van der Waals surface area contributed by atoms with E-state index >= 15 is 0 Å². The first kappa shape index (κ1) is 8.35. The molecule has 0 radical (unpaired) electrons. The number of hydrogen-bond donors (Lipinski definition) is 1. The van der Waals surface area contributed by atoms with Crippen molar-refractivity contribution in [3.8, 4) is 6.07 Å². The van der Waals surface area contributed by atoms with Gasteiger partial charge < -0.3 is 5.73 Å². The molecule has 1 aromatic carbocycles. The molecule has 0 amide bonds. The molecule has 0 aliphatic carbocycles. The Morgan fingerprint density at radius 3 is 2.75 bits per heavy atom. The van der Waals surface area contributed by atoms with Crippen molar-refractivity contribution < 1.29 is 0 Å². The normalized spacial score (nSPS) is 10.8. The summed E-state index contributed by atoms with van der Waals surface area (Å²) in [6.07, 6.45) is 1.49. The molecule has 0 spiro atoms. The summed E-state index contributed by atoms with van der Waals surface area (Å²) < 4.78 is 0. The zero-order valence-electron chi connectivity index (χ0n) is 6.91. The average molecular weight is 158 g/mol. The molecular weight excluding hydrogens is 148 g/mol. The minimum Gasteiger partial charge on any atom is -0.398 e. The van der Waals surface area contributed by atoms with E-state index in [4.69, 9.17) is 11.0 Å². The van der Waals surface area contributed by atoms with Gasteiger partial charge in [0.2, 0.25) is 0 Å². The van der Waals surface area contributed by atoms with Gasteiger partial charge in [-0.3, -0.25) is 0 Å². The number of nitrogens with two attached hydrogens (primary N) is 1. The van der Waals surface area contributed by atoms with Gasteiger partial charge in [-0.2, -0.15) is 5.26 Å². The standard InChI is InChI=1S/C10H10N2/c1-8(6-7-11)9-4-2-3-5-10(9)12/h2-6H,12H2,1H3/b8-6+. The quantitative estimate of drug-likeness (QED) is 0.503. The summed E-state index contributed by atoms with van der Waals surface area (Å²) in [6, 6.07) is 9.48. The Balaban J connectivity index is 3.13. The maximum atomic E-state index is 8.42. The fraction of sp³-hybridized carbons (Fsp3) is 0.100. The lowest BCUT2D eigenvalue weighted by molar-refractivity contribution is 1.51. The Morgan fingerprint density at radius 1 is 1.50 bits per heavy atom. The molecule has 0 atom stereocenters. The molecule has 2 N–H and O–H groups in total. The van der Waals surface area contributed by atoms with E-state index in [0.29, 0.717) is 5.69 Å². The molecule has 1 aromatic rings. The summed E-state index contributed by atoms with van der Waals surface area (Å²) in [5, 5.41) is 8.42. The van der Waals surface area contributed by atoms with E-state index < -0.39 is 0 Å². The zero-order chi connectivity index (χ0) is 8.97. The smallest absolute Gasteiger partial charge is 0.0915 e. The lowest BCUT2D eigenvalue weighted by Gasteiger charge is -2.02. The summed E-state index contributed by atoms with van der Waals surface area (Å²) in [4.78, 5) is 0. The summed E-state index contributed by atoms with van der Waals surface area (Å²) >= 11 is 0. The summed E-state index contributed by atoms with van der Waals surface area (Å²) in [5.41, 5.74) is 8.24. The molecule has 0 fully saturated rings. The fourth-order valence-corrected chi connectivity index (χ4v) is 1.03. The molecule has 0 aliphatic rings. The number of rotatable bonds is 1. The third-order valence-corrected chi connectivity index (χ3v) is 1.67. The van der Waals surface area contributed by atoms with Crippen molar-refractivity contribution in [3.05, 3.63) is 35.9 Å². The Bertz CT molecular complexity index is 345. The number of benzene rings is 1. The maximum Gasteiger partial charge on any atom is 0.0915 e. The average Bonchev–Trinajstić information content (AvgIpc) is 2.05. The Labute approximate surface area is 71.9 Å². The van der Waals surface area contributed by atoms with Gasteiger partial charge in [-0.15, -0.1) is 0 Å². The Kier molecular flexibility index (Phi) is 2.49. The highest BCUT2D eigenvalue weighted by Crippen LogP contribution is 2.19.